The highest BCUT2D eigenvalue weighted by Crippen LogP contribution is 2.18. The standard InChI is InChI=1S/C11H20N4O2/c1-8(12-7-10(16-2)17-3)11-14-13-9-5-4-6-15(9)11/h8,10,12H,4-7H2,1-3H3. The van der Waals surface area contributed by atoms with Crippen molar-refractivity contribution in [2.45, 2.75) is 38.6 Å². The molecule has 1 aromatic rings. The van der Waals surface area contributed by atoms with Crippen LogP contribution < -0.4 is 5.32 Å². The summed E-state index contributed by atoms with van der Waals surface area (Å²) in [5.74, 6) is 2.10. The minimum atomic E-state index is -0.224. The summed E-state index contributed by atoms with van der Waals surface area (Å²) in [4.78, 5) is 0. The molecule has 6 heteroatoms. The molecular formula is C11H20N4O2. The molecule has 2 heterocycles. The third-order valence-electron chi connectivity index (χ3n) is 3.14. The Morgan fingerprint density at radius 1 is 1.35 bits per heavy atom. The van der Waals surface area contributed by atoms with E-state index in [1.165, 1.54) is 6.42 Å². The van der Waals surface area contributed by atoms with Crippen LogP contribution in [0.4, 0.5) is 0 Å². The fourth-order valence-corrected chi connectivity index (χ4v) is 2.12. The molecule has 17 heavy (non-hydrogen) atoms. The highest BCUT2D eigenvalue weighted by atomic mass is 16.7. The molecule has 0 bridgehead atoms. The maximum absolute atomic E-state index is 5.13. The van der Waals surface area contributed by atoms with Crippen LogP contribution in [-0.4, -0.2) is 41.8 Å². The zero-order valence-corrected chi connectivity index (χ0v) is 10.6. The lowest BCUT2D eigenvalue weighted by molar-refractivity contribution is -0.0998. The van der Waals surface area contributed by atoms with Gasteiger partial charge < -0.3 is 19.4 Å². The van der Waals surface area contributed by atoms with E-state index in [1.807, 2.05) is 0 Å². The Balaban J connectivity index is 1.93. The molecule has 0 saturated heterocycles. The van der Waals surface area contributed by atoms with Gasteiger partial charge in [-0.3, -0.25) is 0 Å². The molecule has 0 spiro atoms. The first kappa shape index (κ1) is 12.5. The molecule has 0 fully saturated rings. The average molecular weight is 240 g/mol. The van der Waals surface area contributed by atoms with Gasteiger partial charge in [-0.25, -0.2) is 0 Å². The first-order chi connectivity index (χ1) is 8.26. The number of aromatic nitrogens is 3. The lowest BCUT2D eigenvalue weighted by atomic mass is 10.3. The van der Waals surface area contributed by atoms with Crippen LogP contribution in [0.15, 0.2) is 0 Å². The third-order valence-corrected chi connectivity index (χ3v) is 3.14. The Hall–Kier alpha value is -0.980. The molecule has 1 aromatic heterocycles. The monoisotopic (exact) mass is 240 g/mol. The van der Waals surface area contributed by atoms with Gasteiger partial charge in [-0.15, -0.1) is 10.2 Å². The first-order valence-corrected chi connectivity index (χ1v) is 5.97. The fourth-order valence-electron chi connectivity index (χ4n) is 2.12. The zero-order valence-electron chi connectivity index (χ0n) is 10.6. The van der Waals surface area contributed by atoms with Gasteiger partial charge in [0.1, 0.15) is 11.6 Å². The van der Waals surface area contributed by atoms with Gasteiger partial charge in [0.05, 0.1) is 6.04 Å². The van der Waals surface area contributed by atoms with Gasteiger partial charge in [-0.2, -0.15) is 0 Å². The van der Waals surface area contributed by atoms with Crippen molar-refractivity contribution in [1.82, 2.24) is 20.1 Å². The van der Waals surface area contributed by atoms with Crippen molar-refractivity contribution >= 4 is 0 Å². The number of nitrogens with one attached hydrogen (secondary N) is 1. The average Bonchev–Trinajstić information content (AvgIpc) is 2.91. The van der Waals surface area contributed by atoms with Crippen LogP contribution >= 0.6 is 0 Å². The van der Waals surface area contributed by atoms with Crippen molar-refractivity contribution in [1.29, 1.82) is 0 Å². The molecule has 0 aliphatic carbocycles. The van der Waals surface area contributed by atoms with Crippen molar-refractivity contribution in [2.24, 2.45) is 0 Å². The number of hydrogen-bond acceptors (Lipinski definition) is 5. The fraction of sp³-hybridized carbons (Fsp3) is 0.818. The SMILES string of the molecule is COC(CNC(C)c1nnc2n1CCC2)OC. The van der Waals surface area contributed by atoms with Crippen LogP contribution in [-0.2, 0) is 22.4 Å². The minimum absolute atomic E-state index is 0.155. The zero-order chi connectivity index (χ0) is 12.3. The summed E-state index contributed by atoms with van der Waals surface area (Å²) in [6.07, 6.45) is 1.99. The maximum atomic E-state index is 5.13. The van der Waals surface area contributed by atoms with Crippen LogP contribution in [0.25, 0.3) is 0 Å². The van der Waals surface area contributed by atoms with Crippen LogP contribution in [0.3, 0.4) is 0 Å². The Morgan fingerprint density at radius 3 is 2.82 bits per heavy atom. The lowest BCUT2D eigenvalue weighted by Crippen LogP contribution is -2.32. The second kappa shape index (κ2) is 5.57. The largest absolute Gasteiger partial charge is 0.355 e. The smallest absolute Gasteiger partial charge is 0.169 e. The summed E-state index contributed by atoms with van der Waals surface area (Å²) in [5.41, 5.74) is 0. The molecule has 1 N–H and O–H groups in total. The number of methoxy groups -OCH3 is 2. The lowest BCUT2D eigenvalue weighted by Gasteiger charge is -2.18. The summed E-state index contributed by atoms with van der Waals surface area (Å²) in [6.45, 7) is 3.75. The summed E-state index contributed by atoms with van der Waals surface area (Å²) >= 11 is 0. The van der Waals surface area contributed by atoms with Crippen molar-refractivity contribution in [3.8, 4) is 0 Å². The van der Waals surface area contributed by atoms with Gasteiger partial charge in [0.2, 0.25) is 0 Å². The van der Waals surface area contributed by atoms with Crippen molar-refractivity contribution in [3.63, 3.8) is 0 Å². The van der Waals surface area contributed by atoms with Gasteiger partial charge in [0, 0.05) is 33.7 Å². The molecular weight excluding hydrogens is 220 g/mol. The molecule has 96 valence electrons. The third kappa shape index (κ3) is 2.65. The highest BCUT2D eigenvalue weighted by Gasteiger charge is 2.21. The van der Waals surface area contributed by atoms with E-state index in [4.69, 9.17) is 9.47 Å². The van der Waals surface area contributed by atoms with Crippen LogP contribution in [0, 0.1) is 0 Å². The Bertz CT molecular complexity index is 362. The Labute approximate surface area is 101 Å². The number of fused-ring (bicyclic) bond motifs is 1. The van der Waals surface area contributed by atoms with Crippen molar-refractivity contribution in [3.05, 3.63) is 11.6 Å². The van der Waals surface area contributed by atoms with Gasteiger partial charge in [0.15, 0.2) is 6.29 Å². The molecule has 0 aromatic carbocycles. The molecule has 0 amide bonds. The van der Waals surface area contributed by atoms with E-state index in [0.29, 0.717) is 6.54 Å². The topological polar surface area (TPSA) is 61.2 Å². The van der Waals surface area contributed by atoms with E-state index < -0.39 is 0 Å². The highest BCUT2D eigenvalue weighted by molar-refractivity contribution is 5.03. The molecule has 0 saturated carbocycles. The molecule has 1 aliphatic rings. The predicted octanol–water partition coefficient (Wildman–Crippen LogP) is 0.494. The molecule has 1 atom stereocenters. The second-order valence-electron chi connectivity index (χ2n) is 4.26. The van der Waals surface area contributed by atoms with Gasteiger partial charge in [-0.1, -0.05) is 0 Å². The minimum Gasteiger partial charge on any atom is -0.355 e. The molecule has 0 radical (unpaired) electrons. The second-order valence-corrected chi connectivity index (χ2v) is 4.26. The molecule has 6 nitrogen and oxygen atoms in total. The van der Waals surface area contributed by atoms with E-state index in [2.05, 4.69) is 27.0 Å². The maximum Gasteiger partial charge on any atom is 0.169 e. The van der Waals surface area contributed by atoms with Crippen LogP contribution in [0.1, 0.15) is 31.0 Å². The Morgan fingerprint density at radius 2 is 2.12 bits per heavy atom. The number of hydrogen-bond donors (Lipinski definition) is 1. The predicted molar refractivity (Wildman–Crippen MR) is 62.6 cm³/mol. The summed E-state index contributed by atoms with van der Waals surface area (Å²) in [6, 6.07) is 0.155. The number of nitrogens with zero attached hydrogens (tertiary/aromatic N) is 3. The van der Waals surface area contributed by atoms with Crippen LogP contribution in [0.2, 0.25) is 0 Å². The van der Waals surface area contributed by atoms with Gasteiger partial charge in [0.25, 0.3) is 0 Å². The van der Waals surface area contributed by atoms with Crippen molar-refractivity contribution in [2.75, 3.05) is 20.8 Å². The van der Waals surface area contributed by atoms with Crippen LogP contribution in [0.5, 0.6) is 0 Å². The molecule has 1 unspecified atom stereocenters. The quantitative estimate of drug-likeness (QED) is 0.733. The number of rotatable bonds is 6. The van der Waals surface area contributed by atoms with E-state index >= 15 is 0 Å². The molecule has 1 aliphatic heterocycles. The van der Waals surface area contributed by atoms with Gasteiger partial charge in [-0.05, 0) is 13.3 Å². The normalized spacial score (nSPS) is 16.5. The number of aryl methyl sites for hydroxylation is 1. The Kier molecular flexibility index (Phi) is 4.09. The molecule has 2 rings (SSSR count). The van der Waals surface area contributed by atoms with E-state index in [1.54, 1.807) is 14.2 Å². The number of ether oxygens (including phenoxy) is 2. The van der Waals surface area contributed by atoms with E-state index in [0.717, 1.165) is 24.6 Å². The van der Waals surface area contributed by atoms with Gasteiger partial charge >= 0.3 is 0 Å². The van der Waals surface area contributed by atoms with E-state index in [9.17, 15) is 0 Å². The summed E-state index contributed by atoms with van der Waals surface area (Å²) in [7, 11) is 3.27. The first-order valence-electron chi connectivity index (χ1n) is 5.97. The van der Waals surface area contributed by atoms with E-state index in [-0.39, 0.29) is 12.3 Å². The summed E-state index contributed by atoms with van der Waals surface area (Å²) < 4.78 is 12.5. The van der Waals surface area contributed by atoms with Crippen molar-refractivity contribution < 1.29 is 9.47 Å². The summed E-state index contributed by atoms with van der Waals surface area (Å²) in [5, 5.41) is 11.8.